The molecule has 2 rings (SSSR count). The summed E-state index contributed by atoms with van der Waals surface area (Å²) in [5.41, 5.74) is 5.18. The quantitative estimate of drug-likeness (QED) is 0.545. The standard InChI is InChI=1S/C7H11NO/c8-7(9)5-2-1-4-3-6(4)5/h4-6H,1-3H2,(H2,8,9). The summed E-state index contributed by atoms with van der Waals surface area (Å²) in [6.07, 6.45) is 3.58. The van der Waals surface area contributed by atoms with Crippen molar-refractivity contribution in [1.29, 1.82) is 0 Å². The molecular formula is C7H11NO. The van der Waals surface area contributed by atoms with Crippen molar-refractivity contribution in [2.24, 2.45) is 23.5 Å². The fourth-order valence-electron chi connectivity index (χ4n) is 2.06. The van der Waals surface area contributed by atoms with Gasteiger partial charge in [-0.25, -0.2) is 0 Å². The molecule has 0 aromatic carbocycles. The van der Waals surface area contributed by atoms with Crippen LogP contribution in [-0.4, -0.2) is 5.91 Å². The van der Waals surface area contributed by atoms with E-state index >= 15 is 0 Å². The number of nitrogens with two attached hydrogens (primary N) is 1. The second-order valence-electron chi connectivity index (χ2n) is 3.25. The van der Waals surface area contributed by atoms with Crippen LogP contribution in [0, 0.1) is 17.8 Å². The fourth-order valence-corrected chi connectivity index (χ4v) is 2.06. The third kappa shape index (κ3) is 0.655. The molecule has 2 heteroatoms. The zero-order chi connectivity index (χ0) is 6.43. The predicted molar refractivity (Wildman–Crippen MR) is 33.5 cm³/mol. The maximum Gasteiger partial charge on any atom is 0.220 e. The molecule has 50 valence electrons. The van der Waals surface area contributed by atoms with Gasteiger partial charge in [0.15, 0.2) is 0 Å². The fraction of sp³-hybridized carbons (Fsp3) is 0.857. The molecule has 2 saturated carbocycles. The van der Waals surface area contributed by atoms with E-state index in [1.54, 1.807) is 0 Å². The average Bonchev–Trinajstić information content (AvgIpc) is 2.43. The molecular weight excluding hydrogens is 114 g/mol. The zero-order valence-corrected chi connectivity index (χ0v) is 5.34. The number of rotatable bonds is 1. The molecule has 2 nitrogen and oxygen atoms in total. The Kier molecular flexibility index (Phi) is 0.875. The maximum absolute atomic E-state index is 10.7. The van der Waals surface area contributed by atoms with E-state index in [2.05, 4.69) is 0 Å². The van der Waals surface area contributed by atoms with Crippen LogP contribution in [0.3, 0.4) is 0 Å². The van der Waals surface area contributed by atoms with Gasteiger partial charge in [0.1, 0.15) is 0 Å². The third-order valence-electron chi connectivity index (χ3n) is 2.71. The zero-order valence-electron chi connectivity index (χ0n) is 5.34. The molecule has 0 spiro atoms. The van der Waals surface area contributed by atoms with Crippen LogP contribution in [0.2, 0.25) is 0 Å². The largest absolute Gasteiger partial charge is 0.369 e. The lowest BCUT2D eigenvalue weighted by atomic mass is 10.0. The van der Waals surface area contributed by atoms with Gasteiger partial charge in [-0.3, -0.25) is 4.79 Å². The summed E-state index contributed by atoms with van der Waals surface area (Å²) in [5, 5.41) is 0. The lowest BCUT2D eigenvalue weighted by Crippen LogP contribution is -2.22. The van der Waals surface area contributed by atoms with Gasteiger partial charge in [-0.1, -0.05) is 0 Å². The summed E-state index contributed by atoms with van der Waals surface area (Å²) >= 11 is 0. The van der Waals surface area contributed by atoms with E-state index in [4.69, 9.17) is 5.73 Å². The van der Waals surface area contributed by atoms with Crippen LogP contribution in [0.5, 0.6) is 0 Å². The summed E-state index contributed by atoms with van der Waals surface area (Å²) < 4.78 is 0. The van der Waals surface area contributed by atoms with Gasteiger partial charge in [0.2, 0.25) is 5.91 Å². The van der Waals surface area contributed by atoms with Crippen LogP contribution in [0.4, 0.5) is 0 Å². The molecule has 0 radical (unpaired) electrons. The van der Waals surface area contributed by atoms with E-state index in [0.29, 0.717) is 5.92 Å². The minimum atomic E-state index is -0.0694. The highest BCUT2D eigenvalue weighted by atomic mass is 16.1. The first kappa shape index (κ1) is 5.27. The van der Waals surface area contributed by atoms with Gasteiger partial charge >= 0.3 is 0 Å². The lowest BCUT2D eigenvalue weighted by molar-refractivity contribution is -0.122. The molecule has 1 amide bonds. The van der Waals surface area contributed by atoms with Crippen molar-refractivity contribution in [2.45, 2.75) is 19.3 Å². The topological polar surface area (TPSA) is 43.1 Å². The predicted octanol–water partition coefficient (Wildman–Crippen LogP) is 0.518. The first-order valence-corrected chi connectivity index (χ1v) is 3.58. The van der Waals surface area contributed by atoms with Crippen molar-refractivity contribution >= 4 is 5.91 Å². The molecule has 0 saturated heterocycles. The SMILES string of the molecule is NC(=O)C1CCC2CC21. The lowest BCUT2D eigenvalue weighted by Gasteiger charge is -2.03. The van der Waals surface area contributed by atoms with Crippen LogP contribution in [0.15, 0.2) is 0 Å². The van der Waals surface area contributed by atoms with Gasteiger partial charge in [0.25, 0.3) is 0 Å². The molecule has 2 fully saturated rings. The molecule has 0 aromatic heterocycles. The van der Waals surface area contributed by atoms with Gasteiger partial charge in [-0.2, -0.15) is 0 Å². The first-order valence-electron chi connectivity index (χ1n) is 3.58. The van der Waals surface area contributed by atoms with Crippen LogP contribution >= 0.6 is 0 Å². The summed E-state index contributed by atoms with van der Waals surface area (Å²) in [6.45, 7) is 0. The maximum atomic E-state index is 10.7. The van der Waals surface area contributed by atoms with Crippen molar-refractivity contribution in [3.63, 3.8) is 0 Å². The summed E-state index contributed by atoms with van der Waals surface area (Å²) in [4.78, 5) is 10.7. The van der Waals surface area contributed by atoms with Gasteiger partial charge in [-0.15, -0.1) is 0 Å². The highest BCUT2D eigenvalue weighted by Crippen LogP contribution is 2.55. The molecule has 0 aromatic rings. The van der Waals surface area contributed by atoms with Gasteiger partial charge < -0.3 is 5.73 Å². The highest BCUT2D eigenvalue weighted by Gasteiger charge is 2.49. The van der Waals surface area contributed by atoms with Gasteiger partial charge in [0, 0.05) is 5.92 Å². The number of carbonyl (C=O) groups excluding carboxylic acids is 1. The first-order chi connectivity index (χ1) is 4.29. The average molecular weight is 125 g/mol. The summed E-state index contributed by atoms with van der Waals surface area (Å²) in [6, 6.07) is 0. The Hall–Kier alpha value is -0.530. The molecule has 2 aliphatic carbocycles. The highest BCUT2D eigenvalue weighted by molar-refractivity contribution is 5.77. The molecule has 3 unspecified atom stereocenters. The third-order valence-corrected chi connectivity index (χ3v) is 2.71. The Labute approximate surface area is 54.4 Å². The molecule has 0 bridgehead atoms. The Morgan fingerprint density at radius 2 is 2.22 bits per heavy atom. The van der Waals surface area contributed by atoms with Crippen LogP contribution in [0.25, 0.3) is 0 Å². The Morgan fingerprint density at radius 1 is 1.44 bits per heavy atom. The number of hydrogen-bond donors (Lipinski definition) is 1. The summed E-state index contributed by atoms with van der Waals surface area (Å²) in [5.74, 6) is 1.75. The van der Waals surface area contributed by atoms with Crippen LogP contribution in [0.1, 0.15) is 19.3 Å². The van der Waals surface area contributed by atoms with Crippen molar-refractivity contribution < 1.29 is 4.79 Å². The van der Waals surface area contributed by atoms with E-state index < -0.39 is 0 Å². The van der Waals surface area contributed by atoms with E-state index in [0.717, 1.165) is 12.3 Å². The van der Waals surface area contributed by atoms with E-state index in [9.17, 15) is 4.79 Å². The number of amides is 1. The molecule has 0 heterocycles. The number of carbonyl (C=O) groups is 1. The van der Waals surface area contributed by atoms with E-state index in [-0.39, 0.29) is 11.8 Å². The van der Waals surface area contributed by atoms with Crippen LogP contribution in [-0.2, 0) is 4.79 Å². The van der Waals surface area contributed by atoms with Crippen LogP contribution < -0.4 is 5.73 Å². The Morgan fingerprint density at radius 3 is 2.44 bits per heavy atom. The Balaban J connectivity index is 2.06. The number of primary amides is 1. The molecule has 2 aliphatic rings. The van der Waals surface area contributed by atoms with Crippen molar-refractivity contribution in [2.75, 3.05) is 0 Å². The second kappa shape index (κ2) is 1.49. The molecule has 2 N–H and O–H groups in total. The van der Waals surface area contributed by atoms with Crippen molar-refractivity contribution in [3.8, 4) is 0 Å². The number of fused-ring (bicyclic) bond motifs is 1. The van der Waals surface area contributed by atoms with Crippen molar-refractivity contribution in [1.82, 2.24) is 0 Å². The molecule has 0 aliphatic heterocycles. The minimum absolute atomic E-state index is 0.0694. The second-order valence-corrected chi connectivity index (χ2v) is 3.25. The monoisotopic (exact) mass is 125 g/mol. The van der Waals surface area contributed by atoms with E-state index in [1.807, 2.05) is 0 Å². The van der Waals surface area contributed by atoms with Gasteiger partial charge in [0.05, 0.1) is 0 Å². The Bertz CT molecular complexity index is 155. The number of hydrogen-bond acceptors (Lipinski definition) is 1. The van der Waals surface area contributed by atoms with E-state index in [1.165, 1.54) is 12.8 Å². The van der Waals surface area contributed by atoms with Gasteiger partial charge in [-0.05, 0) is 31.1 Å². The molecule has 3 atom stereocenters. The minimum Gasteiger partial charge on any atom is -0.369 e. The van der Waals surface area contributed by atoms with Crippen molar-refractivity contribution in [3.05, 3.63) is 0 Å². The summed E-state index contributed by atoms with van der Waals surface area (Å²) in [7, 11) is 0. The normalized spacial score (nSPS) is 46.4. The smallest absolute Gasteiger partial charge is 0.220 e. The molecule has 9 heavy (non-hydrogen) atoms.